The summed E-state index contributed by atoms with van der Waals surface area (Å²) in [5, 5.41) is 0. The van der Waals surface area contributed by atoms with Crippen molar-refractivity contribution in [3.8, 4) is 0 Å². The molecule has 0 aliphatic carbocycles. The molecule has 1 heterocycles. The molecule has 112 valence electrons. The van der Waals surface area contributed by atoms with Crippen molar-refractivity contribution in [1.82, 2.24) is 4.31 Å². The third kappa shape index (κ3) is 3.20. The summed E-state index contributed by atoms with van der Waals surface area (Å²) in [6, 6.07) is 6.66. The SMILES string of the molecule is CC(N)c1cccc(S(=O)(=O)N2C[C@@H](C)O[C@@H](C)C2)c1. The summed E-state index contributed by atoms with van der Waals surface area (Å²) in [5.74, 6) is 0. The van der Waals surface area contributed by atoms with Crippen LogP contribution in [0.2, 0.25) is 0 Å². The Labute approximate surface area is 120 Å². The third-order valence-corrected chi connectivity index (χ3v) is 5.24. The molecule has 1 aromatic carbocycles. The second kappa shape index (κ2) is 5.81. The van der Waals surface area contributed by atoms with Crippen LogP contribution in [0.25, 0.3) is 0 Å². The fourth-order valence-electron chi connectivity index (χ4n) is 2.43. The molecule has 0 spiro atoms. The number of sulfonamides is 1. The summed E-state index contributed by atoms with van der Waals surface area (Å²) in [5.41, 5.74) is 6.64. The van der Waals surface area contributed by atoms with E-state index in [0.717, 1.165) is 5.56 Å². The molecule has 1 aromatic rings. The molecule has 1 aliphatic heterocycles. The highest BCUT2D eigenvalue weighted by Gasteiger charge is 2.32. The van der Waals surface area contributed by atoms with Gasteiger partial charge >= 0.3 is 0 Å². The first-order chi connectivity index (χ1) is 9.30. The van der Waals surface area contributed by atoms with Gasteiger partial charge < -0.3 is 10.5 Å². The van der Waals surface area contributed by atoms with Crippen molar-refractivity contribution in [3.63, 3.8) is 0 Å². The second-order valence-corrected chi connectivity index (χ2v) is 7.38. The van der Waals surface area contributed by atoms with Gasteiger partial charge in [0.05, 0.1) is 17.1 Å². The first-order valence-corrected chi connectivity index (χ1v) is 8.26. The number of ether oxygens (including phenoxy) is 1. The van der Waals surface area contributed by atoms with Crippen LogP contribution in [-0.2, 0) is 14.8 Å². The Kier molecular flexibility index (Phi) is 4.49. The molecule has 1 fully saturated rings. The van der Waals surface area contributed by atoms with Crippen molar-refractivity contribution in [2.75, 3.05) is 13.1 Å². The highest BCUT2D eigenvalue weighted by Crippen LogP contribution is 2.23. The van der Waals surface area contributed by atoms with E-state index in [1.54, 1.807) is 18.2 Å². The zero-order chi connectivity index (χ0) is 14.9. The average Bonchev–Trinajstić information content (AvgIpc) is 2.37. The predicted molar refractivity (Wildman–Crippen MR) is 77.8 cm³/mol. The molecule has 6 heteroatoms. The van der Waals surface area contributed by atoms with Crippen LogP contribution in [0.3, 0.4) is 0 Å². The number of nitrogens with zero attached hydrogens (tertiary/aromatic N) is 1. The summed E-state index contributed by atoms with van der Waals surface area (Å²) in [7, 11) is -3.49. The molecule has 0 radical (unpaired) electrons. The van der Waals surface area contributed by atoms with Crippen LogP contribution in [0, 0.1) is 0 Å². The first kappa shape index (κ1) is 15.4. The molecular formula is C14H22N2O3S. The molecule has 1 unspecified atom stereocenters. The number of hydrogen-bond donors (Lipinski definition) is 1. The lowest BCUT2D eigenvalue weighted by atomic mass is 10.1. The van der Waals surface area contributed by atoms with E-state index in [4.69, 9.17) is 10.5 Å². The van der Waals surface area contributed by atoms with Gasteiger partial charge in [-0.2, -0.15) is 4.31 Å². The standard InChI is InChI=1S/C14H22N2O3S/c1-10-8-16(9-11(2)19-10)20(17,18)14-6-4-5-13(7-14)12(3)15/h4-7,10-12H,8-9,15H2,1-3H3/t10-,11+,12?. The van der Waals surface area contributed by atoms with Gasteiger partial charge in [0.25, 0.3) is 0 Å². The van der Waals surface area contributed by atoms with Crippen molar-refractivity contribution < 1.29 is 13.2 Å². The summed E-state index contributed by atoms with van der Waals surface area (Å²) in [4.78, 5) is 0.300. The van der Waals surface area contributed by atoms with Crippen LogP contribution < -0.4 is 5.73 Å². The Bertz CT molecular complexity index is 562. The molecule has 2 rings (SSSR count). The van der Waals surface area contributed by atoms with Crippen LogP contribution in [-0.4, -0.2) is 38.0 Å². The second-order valence-electron chi connectivity index (χ2n) is 5.44. The molecule has 20 heavy (non-hydrogen) atoms. The van der Waals surface area contributed by atoms with Crippen LogP contribution in [0.1, 0.15) is 32.4 Å². The zero-order valence-electron chi connectivity index (χ0n) is 12.1. The van der Waals surface area contributed by atoms with Gasteiger partial charge in [0.15, 0.2) is 0 Å². The largest absolute Gasteiger partial charge is 0.373 e. The van der Waals surface area contributed by atoms with E-state index in [1.807, 2.05) is 26.8 Å². The lowest BCUT2D eigenvalue weighted by Crippen LogP contribution is -2.48. The highest BCUT2D eigenvalue weighted by atomic mass is 32.2. The normalized spacial score (nSPS) is 26.4. The van der Waals surface area contributed by atoms with E-state index in [0.29, 0.717) is 18.0 Å². The number of hydrogen-bond acceptors (Lipinski definition) is 4. The Hall–Kier alpha value is -0.950. The Morgan fingerprint density at radius 2 is 1.90 bits per heavy atom. The monoisotopic (exact) mass is 298 g/mol. The summed E-state index contributed by atoms with van der Waals surface area (Å²) in [6.45, 7) is 6.38. The minimum atomic E-state index is -3.49. The summed E-state index contributed by atoms with van der Waals surface area (Å²) >= 11 is 0. The lowest BCUT2D eigenvalue weighted by molar-refractivity contribution is -0.0440. The van der Waals surface area contributed by atoms with Gasteiger partial charge in [0.1, 0.15) is 0 Å². The van der Waals surface area contributed by atoms with Gasteiger partial charge in [0, 0.05) is 19.1 Å². The van der Waals surface area contributed by atoms with E-state index in [1.165, 1.54) is 4.31 Å². The van der Waals surface area contributed by atoms with Crippen molar-refractivity contribution in [2.45, 2.75) is 43.9 Å². The van der Waals surface area contributed by atoms with E-state index in [-0.39, 0.29) is 18.2 Å². The summed E-state index contributed by atoms with van der Waals surface area (Å²) < 4.78 is 32.4. The summed E-state index contributed by atoms with van der Waals surface area (Å²) in [6.07, 6.45) is -0.185. The molecule has 0 saturated carbocycles. The molecule has 2 N–H and O–H groups in total. The maximum absolute atomic E-state index is 12.7. The predicted octanol–water partition coefficient (Wildman–Crippen LogP) is 1.50. The Morgan fingerprint density at radius 3 is 2.45 bits per heavy atom. The molecule has 0 amide bonds. The van der Waals surface area contributed by atoms with Gasteiger partial charge in [-0.25, -0.2) is 8.42 Å². The molecule has 0 bridgehead atoms. The third-order valence-electron chi connectivity index (χ3n) is 3.41. The maximum atomic E-state index is 12.7. The Balaban J connectivity index is 2.32. The highest BCUT2D eigenvalue weighted by molar-refractivity contribution is 7.89. The van der Waals surface area contributed by atoms with Gasteiger partial charge in [-0.1, -0.05) is 12.1 Å². The molecular weight excluding hydrogens is 276 g/mol. The smallest absolute Gasteiger partial charge is 0.243 e. The van der Waals surface area contributed by atoms with Crippen LogP contribution in [0.4, 0.5) is 0 Å². The number of rotatable bonds is 3. The van der Waals surface area contributed by atoms with Crippen LogP contribution in [0.5, 0.6) is 0 Å². The quantitative estimate of drug-likeness (QED) is 0.918. The maximum Gasteiger partial charge on any atom is 0.243 e. The molecule has 5 nitrogen and oxygen atoms in total. The number of morpholine rings is 1. The fraction of sp³-hybridized carbons (Fsp3) is 0.571. The molecule has 3 atom stereocenters. The van der Waals surface area contributed by atoms with Crippen LogP contribution in [0.15, 0.2) is 29.2 Å². The molecule has 0 aromatic heterocycles. The van der Waals surface area contributed by atoms with Crippen molar-refractivity contribution in [1.29, 1.82) is 0 Å². The van der Waals surface area contributed by atoms with E-state index in [9.17, 15) is 8.42 Å². The number of benzene rings is 1. The van der Waals surface area contributed by atoms with Crippen molar-refractivity contribution in [3.05, 3.63) is 29.8 Å². The van der Waals surface area contributed by atoms with E-state index in [2.05, 4.69) is 0 Å². The molecule has 1 aliphatic rings. The molecule has 1 saturated heterocycles. The van der Waals surface area contributed by atoms with E-state index >= 15 is 0 Å². The van der Waals surface area contributed by atoms with Crippen molar-refractivity contribution in [2.24, 2.45) is 5.73 Å². The Morgan fingerprint density at radius 1 is 1.30 bits per heavy atom. The van der Waals surface area contributed by atoms with Crippen LogP contribution >= 0.6 is 0 Å². The van der Waals surface area contributed by atoms with Gasteiger partial charge in [-0.3, -0.25) is 0 Å². The minimum Gasteiger partial charge on any atom is -0.373 e. The van der Waals surface area contributed by atoms with E-state index < -0.39 is 10.0 Å². The fourth-order valence-corrected chi connectivity index (χ4v) is 4.08. The lowest BCUT2D eigenvalue weighted by Gasteiger charge is -2.34. The number of nitrogens with two attached hydrogens (primary N) is 1. The van der Waals surface area contributed by atoms with Gasteiger partial charge in [0.2, 0.25) is 10.0 Å². The first-order valence-electron chi connectivity index (χ1n) is 6.82. The minimum absolute atomic E-state index is 0.0925. The average molecular weight is 298 g/mol. The topological polar surface area (TPSA) is 72.6 Å². The zero-order valence-corrected chi connectivity index (χ0v) is 12.9. The van der Waals surface area contributed by atoms with Gasteiger partial charge in [-0.05, 0) is 38.5 Å². The van der Waals surface area contributed by atoms with Crippen molar-refractivity contribution >= 4 is 10.0 Å². The van der Waals surface area contributed by atoms with Gasteiger partial charge in [-0.15, -0.1) is 0 Å².